The maximum Gasteiger partial charge on any atom is 0.221 e. The van der Waals surface area contributed by atoms with E-state index < -0.39 is 0 Å². The number of rotatable bonds is 4. The molecule has 88 valence electrons. The van der Waals surface area contributed by atoms with Crippen LogP contribution in [0, 0.1) is 0 Å². The molecule has 0 saturated carbocycles. The molecule has 1 aliphatic rings. The molecule has 1 aromatic rings. The third-order valence-corrected chi connectivity index (χ3v) is 3.15. The molecule has 1 fully saturated rings. The Bertz CT molecular complexity index is 323. The van der Waals surface area contributed by atoms with E-state index in [1.165, 1.54) is 0 Å². The number of nitrogens with one attached hydrogen (secondary N) is 2. The van der Waals surface area contributed by atoms with Crippen LogP contribution in [0.5, 0.6) is 0 Å². The summed E-state index contributed by atoms with van der Waals surface area (Å²) in [5, 5.41) is 6.12. The van der Waals surface area contributed by atoms with Crippen LogP contribution in [0.1, 0.15) is 11.3 Å². The van der Waals surface area contributed by atoms with Crippen LogP contribution in [-0.4, -0.2) is 36.7 Å². The summed E-state index contributed by atoms with van der Waals surface area (Å²) >= 11 is 1.54. The van der Waals surface area contributed by atoms with Gasteiger partial charge < -0.3 is 15.4 Å². The summed E-state index contributed by atoms with van der Waals surface area (Å²) in [7, 11) is 0. The van der Waals surface area contributed by atoms with Gasteiger partial charge >= 0.3 is 0 Å². The summed E-state index contributed by atoms with van der Waals surface area (Å²) in [6.45, 7) is 2.75. The third kappa shape index (κ3) is 3.55. The van der Waals surface area contributed by atoms with E-state index in [-0.39, 0.29) is 11.9 Å². The number of thiazole rings is 1. The van der Waals surface area contributed by atoms with Crippen molar-refractivity contribution in [2.24, 2.45) is 0 Å². The summed E-state index contributed by atoms with van der Waals surface area (Å²) in [5.41, 5.74) is 1.76. The molecule has 1 saturated heterocycles. The summed E-state index contributed by atoms with van der Waals surface area (Å²) < 4.78 is 5.28. The van der Waals surface area contributed by atoms with E-state index in [1.807, 2.05) is 0 Å². The molecule has 16 heavy (non-hydrogen) atoms. The highest BCUT2D eigenvalue weighted by Crippen LogP contribution is 2.05. The zero-order valence-corrected chi connectivity index (χ0v) is 9.76. The molecule has 0 aliphatic carbocycles. The van der Waals surface area contributed by atoms with Crippen LogP contribution >= 0.6 is 11.3 Å². The van der Waals surface area contributed by atoms with Gasteiger partial charge in [0.05, 0.1) is 25.3 Å². The number of hydrogen-bond acceptors (Lipinski definition) is 5. The maximum absolute atomic E-state index is 11.6. The lowest BCUT2D eigenvalue weighted by Gasteiger charge is -2.23. The number of ether oxygens (including phenoxy) is 1. The van der Waals surface area contributed by atoms with Gasteiger partial charge in [-0.25, -0.2) is 0 Å². The van der Waals surface area contributed by atoms with Crippen LogP contribution in [0.3, 0.4) is 0 Å². The van der Waals surface area contributed by atoms with Crippen molar-refractivity contribution in [2.75, 3.05) is 19.8 Å². The average molecular weight is 241 g/mol. The fraction of sp³-hybridized carbons (Fsp3) is 0.600. The van der Waals surface area contributed by atoms with Crippen molar-refractivity contribution in [1.82, 2.24) is 15.6 Å². The van der Waals surface area contributed by atoms with Gasteiger partial charge in [-0.05, 0) is 0 Å². The lowest BCUT2D eigenvalue weighted by Crippen LogP contribution is -2.44. The Labute approximate surface area is 98.2 Å². The zero-order valence-electron chi connectivity index (χ0n) is 8.94. The van der Waals surface area contributed by atoms with Gasteiger partial charge in [0.25, 0.3) is 0 Å². The fourth-order valence-corrected chi connectivity index (χ4v) is 2.10. The molecule has 0 radical (unpaired) electrons. The van der Waals surface area contributed by atoms with Gasteiger partial charge in [-0.2, -0.15) is 0 Å². The summed E-state index contributed by atoms with van der Waals surface area (Å²) in [6.07, 6.45) is 2.24. The van der Waals surface area contributed by atoms with E-state index in [0.717, 1.165) is 18.0 Å². The Morgan fingerprint density at radius 3 is 3.38 bits per heavy atom. The van der Waals surface area contributed by atoms with Crippen LogP contribution in [0.2, 0.25) is 0 Å². The number of aromatic nitrogens is 1. The van der Waals surface area contributed by atoms with Crippen LogP contribution in [0.15, 0.2) is 11.7 Å². The number of morpholine rings is 1. The Morgan fingerprint density at radius 1 is 1.75 bits per heavy atom. The standard InChI is InChI=1S/C10H15N3O2S/c14-10(3-8-6-15-2-1-12-8)13-5-9-4-11-7-16-9/h4,7-8,12H,1-3,5-6H2,(H,13,14). The van der Waals surface area contributed by atoms with Crippen molar-refractivity contribution in [2.45, 2.75) is 19.0 Å². The predicted molar refractivity (Wildman–Crippen MR) is 61.2 cm³/mol. The minimum atomic E-state index is 0.0522. The molecule has 2 rings (SSSR count). The molecule has 1 amide bonds. The number of carbonyl (C=O) groups is 1. The summed E-state index contributed by atoms with van der Waals surface area (Å²) in [4.78, 5) is 16.6. The molecule has 1 atom stereocenters. The molecule has 1 aromatic heterocycles. The first-order chi connectivity index (χ1) is 7.84. The van der Waals surface area contributed by atoms with Crippen molar-refractivity contribution in [1.29, 1.82) is 0 Å². The molecule has 1 unspecified atom stereocenters. The fourth-order valence-electron chi connectivity index (χ4n) is 1.56. The van der Waals surface area contributed by atoms with Crippen LogP contribution in [0.4, 0.5) is 0 Å². The van der Waals surface area contributed by atoms with E-state index in [9.17, 15) is 4.79 Å². The highest BCUT2D eigenvalue weighted by Gasteiger charge is 2.16. The minimum Gasteiger partial charge on any atom is -0.378 e. The first kappa shape index (κ1) is 11.5. The smallest absolute Gasteiger partial charge is 0.221 e. The van der Waals surface area contributed by atoms with Gasteiger partial charge in [-0.15, -0.1) is 11.3 Å². The van der Waals surface area contributed by atoms with Gasteiger partial charge in [-0.1, -0.05) is 0 Å². The quantitative estimate of drug-likeness (QED) is 0.787. The Balaban J connectivity index is 1.67. The first-order valence-corrected chi connectivity index (χ1v) is 6.18. The van der Waals surface area contributed by atoms with E-state index in [1.54, 1.807) is 23.0 Å². The second-order valence-corrected chi connectivity index (χ2v) is 4.65. The monoisotopic (exact) mass is 241 g/mol. The van der Waals surface area contributed by atoms with Crippen LogP contribution in [-0.2, 0) is 16.1 Å². The predicted octanol–water partition coefficient (Wildman–Crippen LogP) is 0.138. The van der Waals surface area contributed by atoms with E-state index >= 15 is 0 Å². The topological polar surface area (TPSA) is 63.2 Å². The van der Waals surface area contributed by atoms with E-state index in [2.05, 4.69) is 15.6 Å². The lowest BCUT2D eigenvalue weighted by molar-refractivity contribution is -0.122. The molecular weight excluding hydrogens is 226 g/mol. The molecule has 0 spiro atoms. The molecular formula is C10H15N3O2S. The Morgan fingerprint density at radius 2 is 2.69 bits per heavy atom. The minimum absolute atomic E-state index is 0.0522. The van der Waals surface area contributed by atoms with Gasteiger partial charge in [0.15, 0.2) is 0 Å². The Hall–Kier alpha value is -0.980. The molecule has 0 bridgehead atoms. The maximum atomic E-state index is 11.6. The van der Waals surface area contributed by atoms with Crippen molar-refractivity contribution in [3.8, 4) is 0 Å². The zero-order chi connectivity index (χ0) is 11.2. The first-order valence-electron chi connectivity index (χ1n) is 5.30. The second kappa shape index (κ2) is 5.93. The molecule has 2 heterocycles. The van der Waals surface area contributed by atoms with Crippen molar-refractivity contribution >= 4 is 17.2 Å². The number of nitrogens with zero attached hydrogens (tertiary/aromatic N) is 1. The Kier molecular flexibility index (Phi) is 4.26. The van der Waals surface area contributed by atoms with Gasteiger partial charge in [0.1, 0.15) is 0 Å². The van der Waals surface area contributed by atoms with E-state index in [0.29, 0.717) is 19.6 Å². The highest BCUT2D eigenvalue weighted by atomic mass is 32.1. The van der Waals surface area contributed by atoms with Crippen LogP contribution in [0.25, 0.3) is 0 Å². The number of carbonyl (C=O) groups excluding carboxylic acids is 1. The lowest BCUT2D eigenvalue weighted by atomic mass is 10.2. The molecule has 2 N–H and O–H groups in total. The molecule has 5 nitrogen and oxygen atoms in total. The van der Waals surface area contributed by atoms with Crippen molar-refractivity contribution in [3.63, 3.8) is 0 Å². The van der Waals surface area contributed by atoms with Crippen molar-refractivity contribution < 1.29 is 9.53 Å². The SMILES string of the molecule is O=C(CC1COCCN1)NCc1cncs1. The number of hydrogen-bond donors (Lipinski definition) is 2. The molecule has 0 aromatic carbocycles. The largest absolute Gasteiger partial charge is 0.378 e. The summed E-state index contributed by atoms with van der Waals surface area (Å²) in [5.74, 6) is 0.0522. The van der Waals surface area contributed by atoms with E-state index in [4.69, 9.17) is 4.74 Å². The number of amides is 1. The molecule has 1 aliphatic heterocycles. The summed E-state index contributed by atoms with van der Waals surface area (Å²) in [6, 6.07) is 0.148. The highest BCUT2D eigenvalue weighted by molar-refractivity contribution is 7.09. The van der Waals surface area contributed by atoms with Gasteiger partial charge in [-0.3, -0.25) is 9.78 Å². The van der Waals surface area contributed by atoms with Gasteiger partial charge in [0, 0.05) is 30.1 Å². The molecule has 6 heteroatoms. The third-order valence-electron chi connectivity index (χ3n) is 2.37. The van der Waals surface area contributed by atoms with Crippen molar-refractivity contribution in [3.05, 3.63) is 16.6 Å². The normalized spacial score (nSPS) is 20.6. The van der Waals surface area contributed by atoms with Crippen LogP contribution < -0.4 is 10.6 Å². The van der Waals surface area contributed by atoms with Gasteiger partial charge in [0.2, 0.25) is 5.91 Å². The second-order valence-electron chi connectivity index (χ2n) is 3.67. The average Bonchev–Trinajstić information content (AvgIpc) is 2.81.